The summed E-state index contributed by atoms with van der Waals surface area (Å²) in [7, 11) is 1.53. The van der Waals surface area contributed by atoms with Gasteiger partial charge in [0.15, 0.2) is 11.9 Å². The lowest BCUT2D eigenvalue weighted by atomic mass is 10.00. The fourth-order valence-corrected chi connectivity index (χ4v) is 4.34. The van der Waals surface area contributed by atoms with Gasteiger partial charge >= 0.3 is 0 Å². The first-order valence-corrected chi connectivity index (χ1v) is 8.89. The SMILES string of the molecule is COC1(OC)C([Si](C)(C)C)=CC(=O)C2OC21. The molecule has 2 rings (SSSR count). The molecule has 0 bridgehead atoms. The van der Waals surface area contributed by atoms with Crippen LogP contribution < -0.4 is 0 Å². The predicted octanol–water partition coefficient (Wildman–Crippen LogP) is 1.13. The molecule has 0 N–H and O–H groups in total. The van der Waals surface area contributed by atoms with Gasteiger partial charge in [0.25, 0.3) is 0 Å². The molecule has 4 nitrogen and oxygen atoms in total. The van der Waals surface area contributed by atoms with Crippen molar-refractivity contribution in [3.63, 3.8) is 0 Å². The molecule has 0 radical (unpaired) electrons. The van der Waals surface area contributed by atoms with Crippen molar-refractivity contribution in [1.82, 2.24) is 0 Å². The minimum atomic E-state index is -1.68. The van der Waals surface area contributed by atoms with E-state index in [0.29, 0.717) is 0 Å². The number of hydrogen-bond acceptors (Lipinski definition) is 4. The second-order valence-corrected chi connectivity index (χ2v) is 10.3. The minimum absolute atomic E-state index is 0.0483. The summed E-state index contributed by atoms with van der Waals surface area (Å²) in [5, 5.41) is 0.980. The van der Waals surface area contributed by atoms with Gasteiger partial charge in [0.2, 0.25) is 5.79 Å². The van der Waals surface area contributed by atoms with Gasteiger partial charge in [-0.25, -0.2) is 0 Å². The van der Waals surface area contributed by atoms with Crippen molar-refractivity contribution in [2.24, 2.45) is 0 Å². The number of ether oxygens (including phenoxy) is 3. The summed E-state index contributed by atoms with van der Waals surface area (Å²) in [5.41, 5.74) is 0. The van der Waals surface area contributed by atoms with Crippen LogP contribution in [0.25, 0.3) is 0 Å². The molecule has 1 saturated heterocycles. The third kappa shape index (κ3) is 1.50. The van der Waals surface area contributed by atoms with Gasteiger partial charge in [-0.3, -0.25) is 4.79 Å². The highest BCUT2D eigenvalue weighted by Gasteiger charge is 2.65. The van der Waals surface area contributed by atoms with Crippen molar-refractivity contribution in [1.29, 1.82) is 0 Å². The van der Waals surface area contributed by atoms with Gasteiger partial charge in [-0.15, -0.1) is 0 Å². The van der Waals surface area contributed by atoms with E-state index in [1.165, 1.54) is 0 Å². The summed E-state index contributed by atoms with van der Waals surface area (Å²) in [6, 6.07) is 0. The molecule has 1 aliphatic carbocycles. The van der Waals surface area contributed by atoms with Gasteiger partial charge in [0.05, 0.1) is 8.07 Å². The highest BCUT2D eigenvalue weighted by Crippen LogP contribution is 2.47. The van der Waals surface area contributed by atoms with Crippen molar-refractivity contribution in [2.75, 3.05) is 14.2 Å². The molecule has 2 atom stereocenters. The van der Waals surface area contributed by atoms with E-state index in [9.17, 15) is 4.79 Å². The van der Waals surface area contributed by atoms with Crippen LogP contribution in [-0.2, 0) is 19.0 Å². The second kappa shape index (κ2) is 3.50. The van der Waals surface area contributed by atoms with E-state index in [0.717, 1.165) is 5.20 Å². The lowest BCUT2D eigenvalue weighted by Gasteiger charge is -2.39. The first-order valence-electron chi connectivity index (χ1n) is 5.39. The lowest BCUT2D eigenvalue weighted by Crippen LogP contribution is -2.53. The quantitative estimate of drug-likeness (QED) is 0.423. The van der Waals surface area contributed by atoms with Crippen molar-refractivity contribution in [3.8, 4) is 0 Å². The van der Waals surface area contributed by atoms with E-state index in [2.05, 4.69) is 19.6 Å². The van der Waals surface area contributed by atoms with Crippen LogP contribution in [0.2, 0.25) is 19.6 Å². The topological polar surface area (TPSA) is 48.1 Å². The number of carbonyl (C=O) groups is 1. The van der Waals surface area contributed by atoms with Crippen molar-refractivity contribution < 1.29 is 19.0 Å². The molecule has 0 saturated carbocycles. The summed E-state index contributed by atoms with van der Waals surface area (Å²) in [5.74, 6) is -0.796. The Kier molecular flexibility index (Phi) is 2.62. The predicted molar refractivity (Wildman–Crippen MR) is 61.8 cm³/mol. The number of rotatable bonds is 3. The molecule has 0 aromatic heterocycles. The van der Waals surface area contributed by atoms with Crippen molar-refractivity contribution >= 4 is 13.9 Å². The number of epoxide rings is 1. The van der Waals surface area contributed by atoms with Crippen LogP contribution in [0, 0.1) is 0 Å². The average molecular weight is 242 g/mol. The number of carbonyl (C=O) groups excluding carboxylic acids is 1. The van der Waals surface area contributed by atoms with Crippen LogP contribution in [0.4, 0.5) is 0 Å². The van der Waals surface area contributed by atoms with Crippen molar-refractivity contribution in [2.45, 2.75) is 37.6 Å². The molecule has 5 heteroatoms. The molecule has 0 spiro atoms. The molecule has 90 valence electrons. The summed E-state index contributed by atoms with van der Waals surface area (Å²) in [4.78, 5) is 11.7. The Morgan fingerprint density at radius 1 is 1.31 bits per heavy atom. The molecular formula is C11H18O4Si. The van der Waals surface area contributed by atoms with Crippen LogP contribution in [0.15, 0.2) is 11.3 Å². The van der Waals surface area contributed by atoms with E-state index in [1.807, 2.05) is 0 Å². The van der Waals surface area contributed by atoms with Gasteiger partial charge in [0.1, 0.15) is 6.10 Å². The standard InChI is InChI=1S/C11H18O4Si/c1-13-11(14-2)8(16(3,4)5)6-7(12)9-10(11)15-9/h6,9-10H,1-5H3. The molecule has 1 heterocycles. The summed E-state index contributed by atoms with van der Waals surface area (Å²) in [6.45, 7) is 6.50. The zero-order valence-electron chi connectivity index (χ0n) is 10.4. The Morgan fingerprint density at radius 2 is 1.88 bits per heavy atom. The van der Waals surface area contributed by atoms with E-state index in [-0.39, 0.29) is 18.0 Å². The fourth-order valence-electron chi connectivity index (χ4n) is 2.37. The average Bonchev–Trinajstić information content (AvgIpc) is 2.97. The number of ketones is 1. The van der Waals surface area contributed by atoms with Crippen LogP contribution >= 0.6 is 0 Å². The molecule has 0 aromatic rings. The molecule has 2 unspecified atom stereocenters. The molecule has 0 aromatic carbocycles. The lowest BCUT2D eigenvalue weighted by molar-refractivity contribution is -0.187. The van der Waals surface area contributed by atoms with Gasteiger partial charge in [-0.1, -0.05) is 19.6 Å². The number of methoxy groups -OCH3 is 2. The fraction of sp³-hybridized carbons (Fsp3) is 0.727. The summed E-state index contributed by atoms with van der Waals surface area (Å²) >= 11 is 0. The Balaban J connectivity index is 2.49. The normalized spacial score (nSPS) is 32.1. The Morgan fingerprint density at radius 3 is 2.31 bits per heavy atom. The van der Waals surface area contributed by atoms with Crippen molar-refractivity contribution in [3.05, 3.63) is 11.3 Å². The number of hydrogen-bond donors (Lipinski definition) is 0. The van der Waals surface area contributed by atoms with E-state index in [4.69, 9.17) is 14.2 Å². The maximum atomic E-state index is 11.7. The zero-order chi connectivity index (χ0) is 12.1. The molecule has 1 fully saturated rings. The maximum absolute atomic E-state index is 11.7. The number of fused-ring (bicyclic) bond motifs is 1. The molecular weight excluding hydrogens is 224 g/mol. The molecule has 2 aliphatic rings. The molecule has 16 heavy (non-hydrogen) atoms. The van der Waals surface area contributed by atoms with Gasteiger partial charge in [-0.2, -0.15) is 0 Å². The van der Waals surface area contributed by atoms with Crippen LogP contribution in [0.1, 0.15) is 0 Å². The first-order chi connectivity index (χ1) is 7.36. The Bertz CT molecular complexity index is 351. The summed E-state index contributed by atoms with van der Waals surface area (Å²) in [6.07, 6.45) is 1.05. The third-order valence-electron chi connectivity index (χ3n) is 3.22. The monoisotopic (exact) mass is 242 g/mol. The third-order valence-corrected chi connectivity index (χ3v) is 5.33. The van der Waals surface area contributed by atoms with Crippen LogP contribution in [-0.4, -0.2) is 46.1 Å². The van der Waals surface area contributed by atoms with E-state index in [1.54, 1.807) is 20.3 Å². The van der Waals surface area contributed by atoms with Gasteiger partial charge in [-0.05, 0) is 11.3 Å². The van der Waals surface area contributed by atoms with Crippen LogP contribution in [0.5, 0.6) is 0 Å². The van der Waals surface area contributed by atoms with E-state index < -0.39 is 13.9 Å². The molecule has 0 amide bonds. The Labute approximate surface area is 96.6 Å². The highest BCUT2D eigenvalue weighted by atomic mass is 28.3. The van der Waals surface area contributed by atoms with E-state index >= 15 is 0 Å². The van der Waals surface area contributed by atoms with Gasteiger partial charge in [0, 0.05) is 14.2 Å². The largest absolute Gasteiger partial charge is 0.355 e. The Hall–Kier alpha value is -0.493. The second-order valence-electron chi connectivity index (χ2n) is 5.26. The summed E-state index contributed by atoms with van der Waals surface area (Å²) < 4.78 is 16.5. The van der Waals surface area contributed by atoms with Gasteiger partial charge < -0.3 is 14.2 Å². The minimum Gasteiger partial charge on any atom is -0.355 e. The van der Waals surface area contributed by atoms with Crippen LogP contribution in [0.3, 0.4) is 0 Å². The maximum Gasteiger partial charge on any atom is 0.217 e. The smallest absolute Gasteiger partial charge is 0.217 e. The first kappa shape index (κ1) is 12.0. The molecule has 1 aliphatic heterocycles. The highest BCUT2D eigenvalue weighted by molar-refractivity contribution is 6.83. The zero-order valence-corrected chi connectivity index (χ0v) is 11.4.